The zero-order valence-corrected chi connectivity index (χ0v) is 4.51. The van der Waals surface area contributed by atoms with E-state index < -0.39 is 10.5 Å². The number of hydrogen-bond donors (Lipinski definition) is 2. The molecule has 0 saturated carbocycles. The number of nitrogens with one attached hydrogen (secondary N) is 2. The predicted octanol–water partition coefficient (Wildman–Crippen LogP) is -2.05. The van der Waals surface area contributed by atoms with Crippen molar-refractivity contribution in [1.82, 2.24) is 15.5 Å². The summed E-state index contributed by atoms with van der Waals surface area (Å²) < 4.78 is 20.7. The molecule has 1 heterocycles. The summed E-state index contributed by atoms with van der Waals surface area (Å²) in [5.74, 6) is 0. The summed E-state index contributed by atoms with van der Waals surface area (Å²) in [6, 6.07) is 0. The molecule has 1 aromatic heterocycles. The van der Waals surface area contributed by atoms with Crippen molar-refractivity contribution in [3.05, 3.63) is 6.33 Å². The first-order valence-corrected chi connectivity index (χ1v) is 2.76. The van der Waals surface area contributed by atoms with Gasteiger partial charge in [-0.15, -0.1) is 8.42 Å². The van der Waals surface area contributed by atoms with E-state index in [2.05, 4.69) is 15.5 Å². The molecule has 0 fully saturated rings. The summed E-state index contributed by atoms with van der Waals surface area (Å²) in [5.41, 5.74) is 0. The third-order valence-electron chi connectivity index (χ3n) is 0.548. The Bertz CT molecular complexity index is 291. The molecule has 0 unspecified atom stereocenters. The molecule has 8 heavy (non-hydrogen) atoms. The number of nitrogens with zero attached hydrogens (tertiary/aromatic N) is 2. The molecule has 0 aliphatic heterocycles. The first-order chi connectivity index (χ1) is 3.80. The molecule has 0 aliphatic rings. The van der Waals surface area contributed by atoms with E-state index in [9.17, 15) is 8.42 Å². The Labute approximate surface area is 45.5 Å². The van der Waals surface area contributed by atoms with Crippen molar-refractivity contribution in [2.45, 2.75) is 0 Å². The van der Waals surface area contributed by atoms with Crippen molar-refractivity contribution < 1.29 is 12.1 Å². The maximum absolute atomic E-state index is 9.93. The van der Waals surface area contributed by atoms with Gasteiger partial charge in [-0.2, -0.15) is 0 Å². The van der Waals surface area contributed by atoms with Gasteiger partial charge in [-0.05, 0) is 3.73 Å². The maximum atomic E-state index is 9.93. The van der Waals surface area contributed by atoms with Crippen LogP contribution in [0.5, 0.6) is 0 Å². The highest BCUT2D eigenvalue weighted by molar-refractivity contribution is 7.58. The van der Waals surface area contributed by atoms with Crippen LogP contribution in [0.25, 0.3) is 0 Å². The first-order valence-electron chi connectivity index (χ1n) is 1.73. The van der Waals surface area contributed by atoms with Gasteiger partial charge in [0.1, 0.15) is 0 Å². The molecule has 0 atom stereocenters. The smallest absolute Gasteiger partial charge is 0.147 e. The molecular weight excluding hydrogens is 132 g/mol. The molecule has 0 amide bonds. The SMILES string of the molecule is O=S(=O)=[n+]1cn[nH][nH]1. The van der Waals surface area contributed by atoms with Gasteiger partial charge < -0.3 is 0 Å². The minimum absolute atomic E-state index is 0.792. The first kappa shape index (κ1) is 5.04. The molecule has 0 aromatic carbocycles. The van der Waals surface area contributed by atoms with Crippen molar-refractivity contribution in [3.63, 3.8) is 0 Å². The zero-order valence-electron chi connectivity index (χ0n) is 3.70. The summed E-state index contributed by atoms with van der Waals surface area (Å²) in [6.07, 6.45) is 1.10. The van der Waals surface area contributed by atoms with Gasteiger partial charge in [-0.25, -0.2) is 0 Å². The Morgan fingerprint density at radius 1 is 1.62 bits per heavy atom. The maximum Gasteiger partial charge on any atom is 0.375 e. The minimum atomic E-state index is -2.28. The van der Waals surface area contributed by atoms with E-state index in [1.807, 2.05) is 0 Å². The zero-order chi connectivity index (χ0) is 5.98. The van der Waals surface area contributed by atoms with E-state index in [-0.39, 0.29) is 0 Å². The summed E-state index contributed by atoms with van der Waals surface area (Å²) in [4.78, 5) is 0. The number of H-pyrrole nitrogens is 2. The number of tetrazole rings is 1. The van der Waals surface area contributed by atoms with E-state index in [0.717, 1.165) is 10.1 Å². The second-order valence-electron chi connectivity index (χ2n) is 1.01. The van der Waals surface area contributed by atoms with Crippen LogP contribution in [-0.4, -0.2) is 23.9 Å². The summed E-state index contributed by atoms with van der Waals surface area (Å²) in [7, 11) is -2.28. The number of aromatic amines is 2. The molecule has 1 rings (SSSR count). The van der Waals surface area contributed by atoms with Gasteiger partial charge in [0.25, 0.3) is 0 Å². The van der Waals surface area contributed by atoms with Crippen LogP contribution in [0.4, 0.5) is 0 Å². The molecule has 0 bridgehead atoms. The van der Waals surface area contributed by atoms with Gasteiger partial charge in [0.2, 0.25) is 0 Å². The molecule has 44 valence electrons. The molecule has 0 saturated heterocycles. The van der Waals surface area contributed by atoms with Gasteiger partial charge >= 0.3 is 16.8 Å². The van der Waals surface area contributed by atoms with Crippen molar-refractivity contribution in [2.75, 3.05) is 0 Å². The van der Waals surface area contributed by atoms with E-state index >= 15 is 0 Å². The second-order valence-corrected chi connectivity index (χ2v) is 1.84. The van der Waals surface area contributed by atoms with Crippen LogP contribution in [0.15, 0.2) is 6.33 Å². The molecular formula is CH3N4O2S+. The van der Waals surface area contributed by atoms with Gasteiger partial charge in [0, 0.05) is 0 Å². The lowest BCUT2D eigenvalue weighted by atomic mass is 11.4. The van der Waals surface area contributed by atoms with Crippen molar-refractivity contribution in [3.8, 4) is 0 Å². The average molecular weight is 135 g/mol. The lowest BCUT2D eigenvalue weighted by Gasteiger charge is -1.51. The lowest BCUT2D eigenvalue weighted by Crippen LogP contribution is -2.17. The Morgan fingerprint density at radius 2 is 2.38 bits per heavy atom. The Balaban J connectivity index is 3.78. The fraction of sp³-hybridized carbons (Fsp3) is 0. The highest BCUT2D eigenvalue weighted by atomic mass is 32.2. The highest BCUT2D eigenvalue weighted by Crippen LogP contribution is 1.40. The van der Waals surface area contributed by atoms with Crippen LogP contribution in [0.1, 0.15) is 0 Å². The van der Waals surface area contributed by atoms with E-state index in [1.165, 1.54) is 0 Å². The Morgan fingerprint density at radius 3 is 2.62 bits per heavy atom. The monoisotopic (exact) mass is 135 g/mol. The predicted molar refractivity (Wildman–Crippen MR) is 21.9 cm³/mol. The molecule has 0 spiro atoms. The van der Waals surface area contributed by atoms with E-state index in [1.54, 1.807) is 0 Å². The Kier molecular flexibility index (Phi) is 1.12. The largest absolute Gasteiger partial charge is 0.375 e. The molecule has 1 aromatic rings. The van der Waals surface area contributed by atoms with Crippen molar-refractivity contribution in [2.24, 2.45) is 0 Å². The van der Waals surface area contributed by atoms with Crippen molar-refractivity contribution >= 4 is 10.5 Å². The van der Waals surface area contributed by atoms with Crippen LogP contribution < -0.4 is 3.73 Å². The summed E-state index contributed by atoms with van der Waals surface area (Å²) in [6.45, 7) is 0. The molecule has 0 radical (unpaired) electrons. The number of rotatable bonds is 0. The molecule has 6 nitrogen and oxygen atoms in total. The molecule has 0 aliphatic carbocycles. The number of aromatic nitrogens is 4. The lowest BCUT2D eigenvalue weighted by molar-refractivity contribution is -0.516. The summed E-state index contributed by atoms with van der Waals surface area (Å²) in [5, 5.41) is 7.74. The topological polar surface area (TPSA) is 84.5 Å². The quantitative estimate of drug-likeness (QED) is 0.401. The van der Waals surface area contributed by atoms with E-state index in [0.29, 0.717) is 0 Å². The van der Waals surface area contributed by atoms with Crippen LogP contribution in [0.2, 0.25) is 0 Å². The van der Waals surface area contributed by atoms with Crippen LogP contribution >= 0.6 is 0 Å². The van der Waals surface area contributed by atoms with Gasteiger partial charge in [0.15, 0.2) is 0 Å². The minimum Gasteiger partial charge on any atom is -0.147 e. The second kappa shape index (κ2) is 1.78. The normalized spacial score (nSPS) is 9.00. The third-order valence-corrected chi connectivity index (χ3v) is 1.05. The highest BCUT2D eigenvalue weighted by Gasteiger charge is 1.82. The molecule has 7 heteroatoms. The van der Waals surface area contributed by atoms with Gasteiger partial charge in [-0.3, -0.25) is 0 Å². The van der Waals surface area contributed by atoms with Crippen LogP contribution in [0, 0.1) is 0 Å². The van der Waals surface area contributed by atoms with Crippen molar-refractivity contribution in [1.29, 1.82) is 0 Å². The Hall–Kier alpha value is -1.11. The fourth-order valence-corrected chi connectivity index (χ4v) is 0.504. The van der Waals surface area contributed by atoms with Gasteiger partial charge in [0.05, 0.1) is 5.10 Å². The van der Waals surface area contributed by atoms with Crippen LogP contribution in [0.3, 0.4) is 0 Å². The molecule has 2 N–H and O–H groups in total. The standard InChI is InChI=1S/CH3N4O2S/c6-8(7)5-1-2-3-4-5/h1,3-4H/q+1. The number of hydrogen-bond acceptors (Lipinski definition) is 3. The average Bonchev–Trinajstić information content (AvgIpc) is 2.12. The fourth-order valence-electron chi connectivity index (χ4n) is 0.264. The van der Waals surface area contributed by atoms with E-state index in [4.69, 9.17) is 0 Å². The summed E-state index contributed by atoms with van der Waals surface area (Å²) >= 11 is 0. The van der Waals surface area contributed by atoms with Gasteiger partial charge in [-0.1, -0.05) is 10.4 Å². The third kappa shape index (κ3) is 0.757. The van der Waals surface area contributed by atoms with Crippen LogP contribution in [-0.2, 0) is 10.5 Å².